The van der Waals surface area contributed by atoms with Crippen molar-refractivity contribution in [2.45, 2.75) is 166 Å². The molecule has 72 heavy (non-hydrogen) atoms. The van der Waals surface area contributed by atoms with Gasteiger partial charge in [0.1, 0.15) is 48.3 Å². The fourth-order valence-corrected chi connectivity index (χ4v) is 8.04. The summed E-state index contributed by atoms with van der Waals surface area (Å²) in [5, 5.41) is 33.3. The first-order chi connectivity index (χ1) is 34.4. The van der Waals surface area contributed by atoms with Crippen molar-refractivity contribution in [1.82, 2.24) is 47.9 Å². The van der Waals surface area contributed by atoms with Gasteiger partial charge in [-0.15, -0.1) is 0 Å². The summed E-state index contributed by atoms with van der Waals surface area (Å²) in [5.41, 5.74) is 24.2. The first-order valence-corrected chi connectivity index (χ1v) is 25.5. The molecular weight excluding hydrogens is 931 g/mol. The second-order valence-electron chi connectivity index (χ2n) is 19.1. The van der Waals surface area contributed by atoms with Crippen LogP contribution in [-0.4, -0.2) is 146 Å². The van der Waals surface area contributed by atoms with Gasteiger partial charge in [0.2, 0.25) is 53.2 Å². The van der Waals surface area contributed by atoms with Gasteiger partial charge in [-0.1, -0.05) is 77.3 Å². The SMILES string of the molecule is CC(C)C[C@@H]1NC(=O)[C@H](CCN)NC(=O)[C@H](CCN)NC(=O)[C@H](Cc2ccccc2)NC(=O)[C@@H](CC(C)C)NC(=O)[C@H](CCN)NC(=O)[C@@H](NC(=O)[C@@H](CCN)NC(=O)CCCCCCCO)CCNC1=O. The van der Waals surface area contributed by atoms with Gasteiger partial charge >= 0.3 is 0 Å². The van der Waals surface area contributed by atoms with Crippen LogP contribution in [-0.2, 0) is 49.6 Å². The van der Waals surface area contributed by atoms with Crippen molar-refractivity contribution in [2.24, 2.45) is 34.8 Å². The maximum Gasteiger partial charge on any atom is 0.243 e. The molecule has 0 aromatic heterocycles. The van der Waals surface area contributed by atoms with Crippen LogP contribution >= 0.6 is 0 Å². The minimum Gasteiger partial charge on any atom is -0.396 e. The highest BCUT2D eigenvalue weighted by Gasteiger charge is 2.35. The molecule has 1 aromatic carbocycles. The van der Waals surface area contributed by atoms with Gasteiger partial charge in [0.15, 0.2) is 0 Å². The Morgan fingerprint density at radius 2 is 1.03 bits per heavy atom. The molecule has 0 aliphatic carbocycles. The largest absolute Gasteiger partial charge is 0.396 e. The van der Waals surface area contributed by atoms with E-state index in [2.05, 4.69) is 47.9 Å². The fourth-order valence-electron chi connectivity index (χ4n) is 8.04. The Balaban J connectivity index is 2.67. The van der Waals surface area contributed by atoms with Gasteiger partial charge in [0.05, 0.1) is 0 Å². The second-order valence-corrected chi connectivity index (χ2v) is 19.1. The minimum atomic E-state index is -1.42. The number of amides is 9. The van der Waals surface area contributed by atoms with Crippen molar-refractivity contribution >= 4 is 53.2 Å². The number of unbranched alkanes of at least 4 members (excludes halogenated alkanes) is 4. The molecule has 0 bridgehead atoms. The molecule has 0 spiro atoms. The van der Waals surface area contributed by atoms with Crippen LogP contribution in [0.15, 0.2) is 30.3 Å². The first kappa shape index (κ1) is 62.4. The van der Waals surface area contributed by atoms with Crippen LogP contribution in [0.25, 0.3) is 0 Å². The molecule has 1 saturated heterocycles. The number of carbonyl (C=O) groups excluding carboxylic acids is 9. The lowest BCUT2D eigenvalue weighted by molar-refractivity contribution is -0.136. The highest BCUT2D eigenvalue weighted by atomic mass is 16.3. The third kappa shape index (κ3) is 23.7. The Hall–Kier alpha value is -5.75. The lowest BCUT2D eigenvalue weighted by Gasteiger charge is -2.28. The Kier molecular flexibility index (Phi) is 30.0. The monoisotopic (exact) mass is 1020 g/mol. The fraction of sp³-hybridized carbons (Fsp3) is 0.694. The smallest absolute Gasteiger partial charge is 0.243 e. The van der Waals surface area contributed by atoms with Gasteiger partial charge < -0.3 is 75.9 Å². The molecule has 1 fully saturated rings. The van der Waals surface area contributed by atoms with Crippen molar-refractivity contribution in [2.75, 3.05) is 39.3 Å². The molecule has 18 N–H and O–H groups in total. The number of aliphatic hydroxyl groups is 1. The number of carbonyl (C=O) groups is 9. The Morgan fingerprint density at radius 3 is 1.53 bits per heavy atom. The molecule has 1 aromatic rings. The van der Waals surface area contributed by atoms with Gasteiger partial charge in [-0.05, 0) is 101 Å². The molecule has 23 heteroatoms. The minimum absolute atomic E-state index is 0.00104. The Bertz CT molecular complexity index is 1870. The zero-order valence-corrected chi connectivity index (χ0v) is 42.7. The number of nitrogens with two attached hydrogens (primary N) is 4. The van der Waals surface area contributed by atoms with E-state index < -0.39 is 101 Å². The predicted molar refractivity (Wildman–Crippen MR) is 272 cm³/mol. The molecule has 23 nitrogen and oxygen atoms in total. The summed E-state index contributed by atoms with van der Waals surface area (Å²) in [6.07, 6.45) is 3.48. The second kappa shape index (κ2) is 34.6. The van der Waals surface area contributed by atoms with Crippen molar-refractivity contribution in [1.29, 1.82) is 0 Å². The lowest BCUT2D eigenvalue weighted by Crippen LogP contribution is -2.61. The van der Waals surface area contributed by atoms with E-state index in [0.29, 0.717) is 18.4 Å². The van der Waals surface area contributed by atoms with E-state index in [0.717, 1.165) is 19.3 Å². The molecule has 0 saturated carbocycles. The average Bonchev–Trinajstić information content (AvgIpc) is 3.32. The number of benzene rings is 1. The van der Waals surface area contributed by atoms with Crippen molar-refractivity contribution < 1.29 is 48.3 Å². The van der Waals surface area contributed by atoms with Crippen LogP contribution in [0.5, 0.6) is 0 Å². The summed E-state index contributed by atoms with van der Waals surface area (Å²) in [4.78, 5) is 126. The number of nitrogens with one attached hydrogen (secondary N) is 9. The highest BCUT2D eigenvalue weighted by Crippen LogP contribution is 2.12. The third-order valence-corrected chi connectivity index (χ3v) is 11.9. The van der Waals surface area contributed by atoms with Crippen LogP contribution in [0.1, 0.15) is 117 Å². The van der Waals surface area contributed by atoms with Gasteiger partial charge in [0.25, 0.3) is 0 Å². The molecule has 1 aliphatic heterocycles. The first-order valence-electron chi connectivity index (χ1n) is 25.5. The van der Waals surface area contributed by atoms with Crippen molar-refractivity contribution in [3.63, 3.8) is 0 Å². The third-order valence-electron chi connectivity index (χ3n) is 11.9. The summed E-state index contributed by atoms with van der Waals surface area (Å²) in [7, 11) is 0. The predicted octanol–water partition coefficient (Wildman–Crippen LogP) is -2.55. The lowest BCUT2D eigenvalue weighted by atomic mass is 10.00. The highest BCUT2D eigenvalue weighted by molar-refractivity contribution is 5.98. The Labute approximate surface area is 424 Å². The summed E-state index contributed by atoms with van der Waals surface area (Å²) >= 11 is 0. The number of rotatable bonds is 24. The van der Waals surface area contributed by atoms with Crippen LogP contribution in [0.2, 0.25) is 0 Å². The summed E-state index contributed by atoms with van der Waals surface area (Å²) in [6, 6.07) is -1.35. The van der Waals surface area contributed by atoms with E-state index in [1.54, 1.807) is 30.3 Å². The quantitative estimate of drug-likeness (QED) is 0.0475. The maximum atomic E-state index is 14.3. The van der Waals surface area contributed by atoms with Gasteiger partial charge in [0, 0.05) is 26.0 Å². The standard InChI is InChI=1S/C49H85N13O10/c1-30(2)27-38-42(65)54-25-20-37(59-43(66)33(16-21-50)55-41(64)15-11-6-5-7-12-26-63)47(70)57-36(19-24-53)46(69)61-39(28-31(3)4)48(71)62-40(29-32-13-9-8-10-14-32)49(72)58-34(17-22-51)44(67)56-35(18-23-52)45(68)60-38/h8-10,13-14,30-31,33-40,63H,5-7,11-12,15-29,50-53H2,1-4H3,(H,54,65)(H,55,64)(H,56,67)(H,57,70)(H,58,72)(H,59,66)(H,60,68)(H,61,69)(H,62,71)/t33-,34+,35+,36+,37+,38+,39-,40+/m1/s1. The van der Waals surface area contributed by atoms with Gasteiger partial charge in [-0.2, -0.15) is 0 Å². The summed E-state index contributed by atoms with van der Waals surface area (Å²) < 4.78 is 0. The van der Waals surface area contributed by atoms with Crippen LogP contribution in [0.4, 0.5) is 0 Å². The van der Waals surface area contributed by atoms with E-state index in [1.807, 2.05) is 27.7 Å². The van der Waals surface area contributed by atoms with Crippen LogP contribution in [0, 0.1) is 11.8 Å². The van der Waals surface area contributed by atoms with E-state index >= 15 is 0 Å². The normalized spacial score (nSPS) is 22.9. The molecule has 0 radical (unpaired) electrons. The van der Waals surface area contributed by atoms with Crippen molar-refractivity contribution in [3.05, 3.63) is 35.9 Å². The zero-order chi connectivity index (χ0) is 53.6. The molecule has 8 atom stereocenters. The zero-order valence-electron chi connectivity index (χ0n) is 42.7. The molecule has 2 rings (SSSR count). The number of hydrogen-bond donors (Lipinski definition) is 14. The number of aliphatic hydroxyl groups excluding tert-OH is 1. The molecule has 0 unspecified atom stereocenters. The van der Waals surface area contributed by atoms with Crippen molar-refractivity contribution in [3.8, 4) is 0 Å². The van der Waals surface area contributed by atoms with Crippen LogP contribution in [0.3, 0.4) is 0 Å². The molecule has 9 amide bonds. The summed E-state index contributed by atoms with van der Waals surface area (Å²) in [5.74, 6) is -6.75. The summed E-state index contributed by atoms with van der Waals surface area (Å²) in [6.45, 7) is 6.98. The molecule has 1 heterocycles. The van der Waals surface area contributed by atoms with E-state index in [9.17, 15) is 43.2 Å². The van der Waals surface area contributed by atoms with E-state index in [1.165, 1.54) is 0 Å². The number of hydrogen-bond acceptors (Lipinski definition) is 14. The van der Waals surface area contributed by atoms with Crippen LogP contribution < -0.4 is 70.8 Å². The van der Waals surface area contributed by atoms with Gasteiger partial charge in [-0.25, -0.2) is 0 Å². The topological polar surface area (TPSA) is 386 Å². The van der Waals surface area contributed by atoms with E-state index in [4.69, 9.17) is 28.0 Å². The Morgan fingerprint density at radius 1 is 0.583 bits per heavy atom. The average molecular weight is 1020 g/mol. The maximum absolute atomic E-state index is 14.3. The molecular formula is C49H85N13O10. The molecule has 1 aliphatic rings. The van der Waals surface area contributed by atoms with E-state index in [-0.39, 0.29) is 109 Å². The molecule has 406 valence electrons. The van der Waals surface area contributed by atoms with Gasteiger partial charge in [-0.3, -0.25) is 43.2 Å².